The number of imidazole rings is 1. The molecule has 0 aliphatic carbocycles. The van der Waals surface area contributed by atoms with Crippen LogP contribution in [0.25, 0.3) is 0 Å². The number of aromatic nitrogens is 3. The zero-order valence-corrected chi connectivity index (χ0v) is 12.0. The summed E-state index contributed by atoms with van der Waals surface area (Å²) < 4.78 is 0.761. The first-order chi connectivity index (χ1) is 9.20. The number of hydrogen-bond acceptors (Lipinski definition) is 4. The normalized spacial score (nSPS) is 10.2. The third-order valence-electron chi connectivity index (χ3n) is 2.41. The van der Waals surface area contributed by atoms with E-state index in [1.807, 2.05) is 6.92 Å². The van der Waals surface area contributed by atoms with Crippen LogP contribution in [0.2, 0.25) is 0 Å². The van der Waals surface area contributed by atoms with Gasteiger partial charge in [-0.3, -0.25) is 4.79 Å². The SMILES string of the molecule is CCNc1ncc(Br)cc1C(=O)NCc1ncc[nH]1. The summed E-state index contributed by atoms with van der Waals surface area (Å²) in [6, 6.07) is 1.74. The molecule has 2 aromatic rings. The van der Waals surface area contributed by atoms with Crippen molar-refractivity contribution in [3.63, 3.8) is 0 Å². The molecule has 2 heterocycles. The van der Waals surface area contributed by atoms with E-state index in [1.165, 1.54) is 0 Å². The van der Waals surface area contributed by atoms with Gasteiger partial charge in [0.15, 0.2) is 0 Å². The number of amides is 1. The second kappa shape index (κ2) is 6.33. The maximum atomic E-state index is 12.1. The standard InChI is InChI=1S/C12H14BrN5O/c1-2-14-11-9(5-8(13)6-17-11)12(19)18-7-10-15-3-4-16-10/h3-6H,2,7H2,1H3,(H,14,17)(H,15,16)(H,18,19). The van der Waals surface area contributed by atoms with Gasteiger partial charge in [0.1, 0.15) is 11.6 Å². The van der Waals surface area contributed by atoms with Crippen molar-refractivity contribution >= 4 is 27.7 Å². The summed E-state index contributed by atoms with van der Waals surface area (Å²) in [6.45, 7) is 3.01. The van der Waals surface area contributed by atoms with Gasteiger partial charge in [0, 0.05) is 29.6 Å². The fourth-order valence-corrected chi connectivity index (χ4v) is 1.91. The molecule has 0 aliphatic rings. The molecule has 19 heavy (non-hydrogen) atoms. The number of hydrogen-bond donors (Lipinski definition) is 3. The van der Waals surface area contributed by atoms with Gasteiger partial charge in [-0.15, -0.1) is 0 Å². The molecule has 0 spiro atoms. The molecule has 0 unspecified atom stereocenters. The summed E-state index contributed by atoms with van der Waals surface area (Å²) in [5.41, 5.74) is 0.503. The summed E-state index contributed by atoms with van der Waals surface area (Å²) in [7, 11) is 0. The van der Waals surface area contributed by atoms with Gasteiger partial charge in [-0.25, -0.2) is 9.97 Å². The van der Waals surface area contributed by atoms with Crippen molar-refractivity contribution in [3.8, 4) is 0 Å². The van der Waals surface area contributed by atoms with Crippen LogP contribution in [-0.4, -0.2) is 27.4 Å². The molecule has 2 aromatic heterocycles. The van der Waals surface area contributed by atoms with E-state index in [4.69, 9.17) is 0 Å². The molecule has 0 saturated carbocycles. The first-order valence-corrected chi connectivity index (χ1v) is 6.66. The average Bonchev–Trinajstić information content (AvgIpc) is 2.91. The first kappa shape index (κ1) is 13.5. The highest BCUT2D eigenvalue weighted by atomic mass is 79.9. The molecule has 100 valence electrons. The van der Waals surface area contributed by atoms with E-state index in [0.717, 1.165) is 4.47 Å². The van der Waals surface area contributed by atoms with Gasteiger partial charge in [-0.1, -0.05) is 0 Å². The number of anilines is 1. The van der Waals surface area contributed by atoms with Crippen molar-refractivity contribution in [1.29, 1.82) is 0 Å². The van der Waals surface area contributed by atoms with Crippen LogP contribution in [0.1, 0.15) is 23.1 Å². The monoisotopic (exact) mass is 323 g/mol. The highest BCUT2D eigenvalue weighted by Crippen LogP contribution is 2.17. The van der Waals surface area contributed by atoms with Crippen LogP contribution >= 0.6 is 15.9 Å². The molecule has 0 radical (unpaired) electrons. The number of pyridine rings is 1. The Hall–Kier alpha value is -1.89. The summed E-state index contributed by atoms with van der Waals surface area (Å²) in [5.74, 6) is 1.09. The molecule has 0 atom stereocenters. The van der Waals surface area contributed by atoms with Gasteiger partial charge in [0.05, 0.1) is 12.1 Å². The van der Waals surface area contributed by atoms with E-state index in [2.05, 4.69) is 41.5 Å². The average molecular weight is 324 g/mol. The molecule has 1 amide bonds. The summed E-state index contributed by atoms with van der Waals surface area (Å²) >= 11 is 3.32. The highest BCUT2D eigenvalue weighted by Gasteiger charge is 2.13. The lowest BCUT2D eigenvalue weighted by Gasteiger charge is -2.10. The maximum Gasteiger partial charge on any atom is 0.255 e. The predicted octanol–water partition coefficient (Wildman–Crippen LogP) is 1.93. The molecular formula is C12H14BrN5O. The number of carbonyl (C=O) groups excluding carboxylic acids is 1. The molecule has 3 N–H and O–H groups in total. The lowest BCUT2D eigenvalue weighted by molar-refractivity contribution is 0.0950. The van der Waals surface area contributed by atoms with Gasteiger partial charge in [-0.05, 0) is 28.9 Å². The minimum atomic E-state index is -0.193. The van der Waals surface area contributed by atoms with E-state index in [9.17, 15) is 4.79 Å². The van der Waals surface area contributed by atoms with Crippen molar-refractivity contribution in [2.24, 2.45) is 0 Å². The second-order valence-corrected chi connectivity index (χ2v) is 4.71. The van der Waals surface area contributed by atoms with Crippen LogP contribution in [0.15, 0.2) is 29.1 Å². The second-order valence-electron chi connectivity index (χ2n) is 3.80. The molecule has 0 bridgehead atoms. The van der Waals surface area contributed by atoms with E-state index in [0.29, 0.717) is 30.3 Å². The molecule has 0 fully saturated rings. The molecular weight excluding hydrogens is 310 g/mol. The van der Waals surface area contributed by atoms with Crippen LogP contribution in [0.4, 0.5) is 5.82 Å². The summed E-state index contributed by atoms with van der Waals surface area (Å²) in [4.78, 5) is 23.3. The Balaban J connectivity index is 2.11. The number of H-pyrrole nitrogens is 1. The molecule has 7 heteroatoms. The van der Waals surface area contributed by atoms with Gasteiger partial charge in [0.2, 0.25) is 0 Å². The van der Waals surface area contributed by atoms with E-state index < -0.39 is 0 Å². The molecule has 0 aliphatic heterocycles. The van der Waals surface area contributed by atoms with Crippen LogP contribution < -0.4 is 10.6 Å². The number of halogens is 1. The van der Waals surface area contributed by atoms with Crippen LogP contribution in [0.3, 0.4) is 0 Å². The first-order valence-electron chi connectivity index (χ1n) is 5.86. The maximum absolute atomic E-state index is 12.1. The summed E-state index contributed by atoms with van der Waals surface area (Å²) in [6.07, 6.45) is 5.01. The van der Waals surface area contributed by atoms with E-state index in [-0.39, 0.29) is 5.91 Å². The van der Waals surface area contributed by atoms with Crippen LogP contribution in [-0.2, 0) is 6.54 Å². The molecule has 0 aromatic carbocycles. The van der Waals surface area contributed by atoms with Crippen molar-refractivity contribution in [1.82, 2.24) is 20.3 Å². The molecule has 0 saturated heterocycles. The smallest absolute Gasteiger partial charge is 0.255 e. The Labute approximate surface area is 119 Å². The van der Waals surface area contributed by atoms with Crippen molar-refractivity contribution in [2.45, 2.75) is 13.5 Å². The van der Waals surface area contributed by atoms with Crippen LogP contribution in [0.5, 0.6) is 0 Å². The van der Waals surface area contributed by atoms with Crippen molar-refractivity contribution in [2.75, 3.05) is 11.9 Å². The van der Waals surface area contributed by atoms with Gasteiger partial charge in [-0.2, -0.15) is 0 Å². The topological polar surface area (TPSA) is 82.7 Å². The number of aromatic amines is 1. The third kappa shape index (κ3) is 3.54. The highest BCUT2D eigenvalue weighted by molar-refractivity contribution is 9.10. The zero-order valence-electron chi connectivity index (χ0n) is 10.4. The van der Waals surface area contributed by atoms with Gasteiger partial charge >= 0.3 is 0 Å². The zero-order chi connectivity index (χ0) is 13.7. The minimum absolute atomic E-state index is 0.193. The van der Waals surface area contributed by atoms with Crippen molar-refractivity contribution < 1.29 is 4.79 Å². The van der Waals surface area contributed by atoms with Crippen molar-refractivity contribution in [3.05, 3.63) is 40.5 Å². The largest absolute Gasteiger partial charge is 0.370 e. The molecule has 2 rings (SSSR count). The Morgan fingerprint density at radius 1 is 1.47 bits per heavy atom. The van der Waals surface area contributed by atoms with Gasteiger partial charge in [0.25, 0.3) is 5.91 Å². The number of nitrogens with one attached hydrogen (secondary N) is 3. The predicted molar refractivity (Wildman–Crippen MR) is 75.9 cm³/mol. The quantitative estimate of drug-likeness (QED) is 0.785. The lowest BCUT2D eigenvalue weighted by atomic mass is 10.2. The Morgan fingerprint density at radius 3 is 3.00 bits per heavy atom. The Kier molecular flexibility index (Phi) is 4.51. The lowest BCUT2D eigenvalue weighted by Crippen LogP contribution is -2.25. The Morgan fingerprint density at radius 2 is 2.32 bits per heavy atom. The fraction of sp³-hybridized carbons (Fsp3) is 0.250. The van der Waals surface area contributed by atoms with E-state index >= 15 is 0 Å². The Bertz CT molecular complexity index is 555. The van der Waals surface area contributed by atoms with Crippen LogP contribution in [0, 0.1) is 0 Å². The number of carbonyl (C=O) groups is 1. The third-order valence-corrected chi connectivity index (χ3v) is 2.85. The molecule has 6 nitrogen and oxygen atoms in total. The number of rotatable bonds is 5. The number of nitrogens with zero attached hydrogens (tertiary/aromatic N) is 2. The summed E-state index contributed by atoms with van der Waals surface area (Å²) in [5, 5.41) is 5.86. The minimum Gasteiger partial charge on any atom is -0.370 e. The fourth-order valence-electron chi connectivity index (χ4n) is 1.57. The van der Waals surface area contributed by atoms with E-state index in [1.54, 1.807) is 24.7 Å². The van der Waals surface area contributed by atoms with Gasteiger partial charge < -0.3 is 15.6 Å².